The zero-order valence-electron chi connectivity index (χ0n) is 12.9. The van der Waals surface area contributed by atoms with E-state index in [0.717, 1.165) is 19.4 Å². The fourth-order valence-corrected chi connectivity index (χ4v) is 3.88. The number of piperidine rings is 1. The molecule has 3 rings (SSSR count). The Labute approximate surface area is 126 Å². The Morgan fingerprint density at radius 1 is 1.24 bits per heavy atom. The summed E-state index contributed by atoms with van der Waals surface area (Å²) in [6.45, 7) is 1.01. The van der Waals surface area contributed by atoms with E-state index in [1.165, 1.54) is 23.5 Å². The summed E-state index contributed by atoms with van der Waals surface area (Å²) in [7, 11) is 3.26. The van der Waals surface area contributed by atoms with Crippen molar-refractivity contribution in [3.63, 3.8) is 0 Å². The van der Waals surface area contributed by atoms with Crippen LogP contribution in [-0.2, 0) is 16.2 Å². The SMILES string of the molecule is CON(C)C(=O)C1CC2CCC(C1)N2Cc1ccccc1. The molecule has 2 saturated heterocycles. The summed E-state index contributed by atoms with van der Waals surface area (Å²) >= 11 is 0. The Morgan fingerprint density at radius 2 is 1.86 bits per heavy atom. The number of carbonyl (C=O) groups is 1. The monoisotopic (exact) mass is 288 g/mol. The van der Waals surface area contributed by atoms with E-state index in [2.05, 4.69) is 35.2 Å². The number of carbonyl (C=O) groups excluding carboxylic acids is 1. The van der Waals surface area contributed by atoms with Gasteiger partial charge in [0, 0.05) is 31.6 Å². The summed E-state index contributed by atoms with van der Waals surface area (Å²) in [6.07, 6.45) is 4.38. The minimum absolute atomic E-state index is 0.125. The lowest BCUT2D eigenvalue weighted by molar-refractivity contribution is -0.175. The van der Waals surface area contributed by atoms with Crippen molar-refractivity contribution < 1.29 is 9.63 Å². The minimum Gasteiger partial charge on any atom is -0.293 e. The van der Waals surface area contributed by atoms with Gasteiger partial charge in [0.1, 0.15) is 0 Å². The highest BCUT2D eigenvalue weighted by Crippen LogP contribution is 2.40. The zero-order chi connectivity index (χ0) is 14.8. The van der Waals surface area contributed by atoms with Crippen molar-refractivity contribution in [3.8, 4) is 0 Å². The molecule has 4 nitrogen and oxygen atoms in total. The molecule has 0 radical (unpaired) electrons. The molecule has 1 aromatic carbocycles. The maximum atomic E-state index is 12.3. The third kappa shape index (κ3) is 2.97. The quantitative estimate of drug-likeness (QED) is 0.798. The summed E-state index contributed by atoms with van der Waals surface area (Å²) in [6, 6.07) is 11.7. The van der Waals surface area contributed by atoms with Crippen LogP contribution in [0.1, 0.15) is 31.2 Å². The van der Waals surface area contributed by atoms with Gasteiger partial charge in [-0.15, -0.1) is 0 Å². The standard InChI is InChI=1S/C17H24N2O2/c1-18(21-2)17(20)14-10-15-8-9-16(11-14)19(15)12-13-6-4-3-5-7-13/h3-7,14-16H,8-12H2,1-2H3. The number of hydroxylamine groups is 2. The minimum atomic E-state index is 0.125. The fraction of sp³-hybridized carbons (Fsp3) is 0.588. The van der Waals surface area contributed by atoms with Gasteiger partial charge in [0.15, 0.2) is 0 Å². The molecule has 2 aliphatic heterocycles. The maximum Gasteiger partial charge on any atom is 0.249 e. The number of amides is 1. The van der Waals surface area contributed by atoms with Gasteiger partial charge in [-0.2, -0.15) is 0 Å². The lowest BCUT2D eigenvalue weighted by Gasteiger charge is -2.39. The van der Waals surface area contributed by atoms with E-state index in [1.807, 2.05) is 0 Å². The number of nitrogens with zero attached hydrogens (tertiary/aromatic N) is 2. The molecule has 4 heteroatoms. The Balaban J connectivity index is 1.66. The highest BCUT2D eigenvalue weighted by molar-refractivity contribution is 5.77. The van der Waals surface area contributed by atoms with Crippen LogP contribution >= 0.6 is 0 Å². The normalized spacial score (nSPS) is 28.6. The number of hydrogen-bond donors (Lipinski definition) is 0. The van der Waals surface area contributed by atoms with Crippen LogP contribution in [0.2, 0.25) is 0 Å². The van der Waals surface area contributed by atoms with E-state index in [0.29, 0.717) is 12.1 Å². The van der Waals surface area contributed by atoms with Crippen molar-refractivity contribution >= 4 is 5.91 Å². The summed E-state index contributed by atoms with van der Waals surface area (Å²) in [5.74, 6) is 0.258. The second kappa shape index (κ2) is 6.16. The number of fused-ring (bicyclic) bond motifs is 2. The first kappa shape index (κ1) is 14.5. The van der Waals surface area contributed by atoms with E-state index in [4.69, 9.17) is 4.84 Å². The maximum absolute atomic E-state index is 12.3. The lowest BCUT2D eigenvalue weighted by Crippen LogP contribution is -2.46. The second-order valence-electron chi connectivity index (χ2n) is 6.23. The van der Waals surface area contributed by atoms with Crippen LogP contribution in [0.3, 0.4) is 0 Å². The van der Waals surface area contributed by atoms with Gasteiger partial charge >= 0.3 is 0 Å². The van der Waals surface area contributed by atoms with Crippen LogP contribution < -0.4 is 0 Å². The molecule has 2 aliphatic rings. The van der Waals surface area contributed by atoms with Crippen LogP contribution in [0.15, 0.2) is 30.3 Å². The van der Waals surface area contributed by atoms with Gasteiger partial charge in [-0.05, 0) is 31.2 Å². The first-order valence-corrected chi connectivity index (χ1v) is 7.80. The van der Waals surface area contributed by atoms with Gasteiger partial charge < -0.3 is 0 Å². The van der Waals surface area contributed by atoms with Crippen LogP contribution in [0.5, 0.6) is 0 Å². The lowest BCUT2D eigenvalue weighted by atomic mass is 9.89. The molecule has 0 aliphatic carbocycles. The van der Waals surface area contributed by atoms with Gasteiger partial charge in [-0.1, -0.05) is 30.3 Å². The van der Waals surface area contributed by atoms with Crippen molar-refractivity contribution in [1.29, 1.82) is 0 Å². The molecule has 1 amide bonds. The highest BCUT2D eigenvalue weighted by Gasteiger charge is 2.43. The molecule has 2 bridgehead atoms. The van der Waals surface area contributed by atoms with E-state index in [9.17, 15) is 4.79 Å². The molecule has 2 atom stereocenters. The van der Waals surface area contributed by atoms with Crippen molar-refractivity contribution in [2.24, 2.45) is 5.92 Å². The van der Waals surface area contributed by atoms with Gasteiger partial charge in [0.05, 0.1) is 7.11 Å². The zero-order valence-corrected chi connectivity index (χ0v) is 12.9. The Hall–Kier alpha value is -1.39. The molecule has 2 fully saturated rings. The summed E-state index contributed by atoms with van der Waals surface area (Å²) in [4.78, 5) is 19.9. The average molecular weight is 288 g/mol. The predicted octanol–water partition coefficient (Wildman–Crippen LogP) is 2.45. The molecule has 114 valence electrons. The highest BCUT2D eigenvalue weighted by atomic mass is 16.7. The molecule has 1 aromatic rings. The molecule has 0 aromatic heterocycles. The van der Waals surface area contributed by atoms with Gasteiger partial charge in [-0.3, -0.25) is 14.5 Å². The van der Waals surface area contributed by atoms with Crippen molar-refractivity contribution in [2.45, 2.75) is 44.3 Å². The van der Waals surface area contributed by atoms with Crippen LogP contribution in [0.25, 0.3) is 0 Å². The smallest absolute Gasteiger partial charge is 0.249 e. The molecule has 21 heavy (non-hydrogen) atoms. The number of rotatable bonds is 4. The molecular weight excluding hydrogens is 264 g/mol. The van der Waals surface area contributed by atoms with E-state index < -0.39 is 0 Å². The molecule has 2 unspecified atom stereocenters. The van der Waals surface area contributed by atoms with Gasteiger partial charge in [0.25, 0.3) is 0 Å². The molecule has 0 N–H and O–H groups in total. The Kier molecular flexibility index (Phi) is 4.27. The molecule has 2 heterocycles. The summed E-state index contributed by atoms with van der Waals surface area (Å²) < 4.78 is 0. The topological polar surface area (TPSA) is 32.8 Å². The molecule has 0 spiro atoms. The first-order valence-electron chi connectivity index (χ1n) is 7.80. The van der Waals surface area contributed by atoms with Crippen molar-refractivity contribution in [3.05, 3.63) is 35.9 Å². The van der Waals surface area contributed by atoms with Crippen LogP contribution in [-0.4, -0.2) is 42.1 Å². The van der Waals surface area contributed by atoms with Crippen molar-refractivity contribution in [1.82, 2.24) is 9.96 Å². The predicted molar refractivity (Wildman–Crippen MR) is 81.3 cm³/mol. The largest absolute Gasteiger partial charge is 0.293 e. The molecule has 0 saturated carbocycles. The average Bonchev–Trinajstić information content (AvgIpc) is 2.76. The Morgan fingerprint density at radius 3 is 2.43 bits per heavy atom. The molecular formula is C17H24N2O2. The number of hydrogen-bond acceptors (Lipinski definition) is 3. The summed E-state index contributed by atoms with van der Waals surface area (Å²) in [5, 5.41) is 1.39. The van der Waals surface area contributed by atoms with E-state index >= 15 is 0 Å². The van der Waals surface area contributed by atoms with Crippen LogP contribution in [0, 0.1) is 5.92 Å². The van der Waals surface area contributed by atoms with E-state index in [1.54, 1.807) is 14.2 Å². The van der Waals surface area contributed by atoms with Gasteiger partial charge in [-0.25, -0.2) is 5.06 Å². The number of benzene rings is 1. The fourth-order valence-electron chi connectivity index (χ4n) is 3.88. The third-order valence-electron chi connectivity index (χ3n) is 5.03. The van der Waals surface area contributed by atoms with Crippen molar-refractivity contribution in [2.75, 3.05) is 14.2 Å². The van der Waals surface area contributed by atoms with E-state index in [-0.39, 0.29) is 11.8 Å². The van der Waals surface area contributed by atoms with Gasteiger partial charge in [0.2, 0.25) is 5.91 Å². The van der Waals surface area contributed by atoms with Crippen LogP contribution in [0.4, 0.5) is 0 Å². The second-order valence-corrected chi connectivity index (χ2v) is 6.23. The summed E-state index contributed by atoms with van der Waals surface area (Å²) in [5.41, 5.74) is 1.37. The Bertz CT molecular complexity index is 477. The third-order valence-corrected chi connectivity index (χ3v) is 5.03. The first-order chi connectivity index (χ1) is 10.2.